The van der Waals surface area contributed by atoms with Crippen LogP contribution in [-0.2, 0) is 15.7 Å². The zero-order chi connectivity index (χ0) is 32.6. The van der Waals surface area contributed by atoms with Gasteiger partial charge in [-0.1, -0.05) is 12.1 Å². The second-order valence-corrected chi connectivity index (χ2v) is 10.0. The van der Waals surface area contributed by atoms with Crippen LogP contribution in [0.15, 0.2) is 85.5 Å². The quantitative estimate of drug-likeness (QED) is 0.173. The summed E-state index contributed by atoms with van der Waals surface area (Å²) in [6.07, 6.45) is 1.24. The lowest BCUT2D eigenvalue weighted by Gasteiger charge is -2.11. The Morgan fingerprint density at radius 1 is 0.783 bits per heavy atom. The van der Waals surface area contributed by atoms with Crippen molar-refractivity contribution < 1.29 is 32.2 Å². The fourth-order valence-corrected chi connectivity index (χ4v) is 5.59. The fourth-order valence-electron chi connectivity index (χ4n) is 5.59. The molecule has 0 aliphatic carbocycles. The van der Waals surface area contributed by atoms with E-state index in [0.29, 0.717) is 28.0 Å². The van der Waals surface area contributed by atoms with Gasteiger partial charge in [0, 0.05) is 24.8 Å². The summed E-state index contributed by atoms with van der Waals surface area (Å²) in [5.41, 5.74) is 0.505. The normalized spacial score (nSPS) is 11.5. The predicted molar refractivity (Wildman–Crippen MR) is 162 cm³/mol. The topological polar surface area (TPSA) is 111 Å². The Morgan fingerprint density at radius 3 is 2.11 bits per heavy atom. The maximum Gasteiger partial charge on any atom is 0.419 e. The third-order valence-electron chi connectivity index (χ3n) is 7.38. The van der Waals surface area contributed by atoms with Gasteiger partial charge in [-0.05, 0) is 73.5 Å². The number of pyridine rings is 4. The van der Waals surface area contributed by atoms with Crippen LogP contribution in [0, 0.1) is 11.3 Å². The molecule has 0 amide bonds. The van der Waals surface area contributed by atoms with Gasteiger partial charge in [0.15, 0.2) is 0 Å². The number of halogens is 3. The average Bonchev–Trinajstić information content (AvgIpc) is 3.59. The molecule has 0 saturated heterocycles. The molecule has 12 heteroatoms. The van der Waals surface area contributed by atoms with E-state index in [4.69, 9.17) is 9.47 Å². The van der Waals surface area contributed by atoms with Gasteiger partial charge in [-0.15, -0.1) is 0 Å². The first-order valence-corrected chi connectivity index (χ1v) is 14.2. The van der Waals surface area contributed by atoms with Gasteiger partial charge < -0.3 is 18.3 Å². The van der Waals surface area contributed by atoms with E-state index in [1.165, 1.54) is 35.9 Å². The minimum atomic E-state index is -4.86. The number of hydrogen-bond acceptors (Lipinski definition) is 7. The summed E-state index contributed by atoms with van der Waals surface area (Å²) in [6, 6.07) is 18.3. The molecule has 230 valence electrons. The molecular weight excluding hydrogens is 599 g/mol. The lowest BCUT2D eigenvalue weighted by Crippen LogP contribution is -2.14. The van der Waals surface area contributed by atoms with E-state index in [-0.39, 0.29) is 41.2 Å². The van der Waals surface area contributed by atoms with E-state index in [0.717, 1.165) is 0 Å². The highest BCUT2D eigenvalue weighted by Gasteiger charge is 2.42. The molecule has 46 heavy (non-hydrogen) atoms. The van der Waals surface area contributed by atoms with Crippen molar-refractivity contribution in [2.45, 2.75) is 20.0 Å². The number of fused-ring (bicyclic) bond motifs is 2. The SMILES string of the molecule is CCOC(=O)c1c(C#N)c2cc(-c3ccnc(-c4c(C(=O)OCC)c(C(F)(F)F)c5ccccn45)c3)ccn2c1-c1ccccn1. The number of rotatable bonds is 7. The predicted octanol–water partition coefficient (Wildman–Crippen LogP) is 7.23. The van der Waals surface area contributed by atoms with Gasteiger partial charge in [0.2, 0.25) is 0 Å². The molecule has 6 aromatic rings. The number of aromatic nitrogens is 4. The molecule has 0 N–H and O–H groups in total. The summed E-state index contributed by atoms with van der Waals surface area (Å²) in [5, 5.41) is 10.2. The molecular formula is C34H24F3N5O4. The van der Waals surface area contributed by atoms with Crippen molar-refractivity contribution in [2.75, 3.05) is 13.2 Å². The fraction of sp³-hybridized carbons (Fsp3) is 0.147. The van der Waals surface area contributed by atoms with Crippen molar-refractivity contribution in [2.24, 2.45) is 0 Å². The molecule has 0 spiro atoms. The van der Waals surface area contributed by atoms with Crippen LogP contribution in [0.2, 0.25) is 0 Å². The highest BCUT2D eigenvalue weighted by Crippen LogP contribution is 2.42. The lowest BCUT2D eigenvalue weighted by atomic mass is 10.0. The van der Waals surface area contributed by atoms with Gasteiger partial charge in [0.05, 0.1) is 58.1 Å². The maximum absolute atomic E-state index is 14.4. The van der Waals surface area contributed by atoms with Crippen molar-refractivity contribution in [3.8, 4) is 40.0 Å². The number of alkyl halides is 3. The zero-order valence-corrected chi connectivity index (χ0v) is 24.5. The van der Waals surface area contributed by atoms with E-state index in [1.807, 2.05) is 0 Å². The highest BCUT2D eigenvalue weighted by atomic mass is 19.4. The average molecular weight is 624 g/mol. The molecule has 0 fully saturated rings. The smallest absolute Gasteiger partial charge is 0.419 e. The van der Waals surface area contributed by atoms with Gasteiger partial charge in [0.1, 0.15) is 17.2 Å². The minimum absolute atomic E-state index is 0.0639. The molecule has 0 aliphatic rings. The number of carbonyl (C=O) groups is 2. The molecule has 6 rings (SSSR count). The Bertz CT molecular complexity index is 2180. The summed E-state index contributed by atoms with van der Waals surface area (Å²) in [6.45, 7) is 3.15. The number of hydrogen-bond donors (Lipinski definition) is 0. The number of nitriles is 1. The molecule has 0 aromatic carbocycles. The highest BCUT2D eigenvalue weighted by molar-refractivity contribution is 6.03. The van der Waals surface area contributed by atoms with Crippen LogP contribution in [0.25, 0.3) is 44.9 Å². The van der Waals surface area contributed by atoms with Gasteiger partial charge in [-0.2, -0.15) is 18.4 Å². The van der Waals surface area contributed by atoms with Gasteiger partial charge in [-0.25, -0.2) is 9.59 Å². The summed E-state index contributed by atoms with van der Waals surface area (Å²) in [5.74, 6) is -1.80. The molecule has 0 unspecified atom stereocenters. The summed E-state index contributed by atoms with van der Waals surface area (Å²) in [7, 11) is 0. The molecule has 6 heterocycles. The van der Waals surface area contributed by atoms with Crippen LogP contribution in [0.5, 0.6) is 0 Å². The first-order chi connectivity index (χ1) is 22.2. The van der Waals surface area contributed by atoms with Gasteiger partial charge in [-0.3, -0.25) is 9.97 Å². The van der Waals surface area contributed by atoms with Crippen LogP contribution in [0.1, 0.15) is 45.7 Å². The molecule has 0 aliphatic heterocycles. The Kier molecular flexibility index (Phi) is 7.75. The monoisotopic (exact) mass is 623 g/mol. The number of esters is 2. The molecule has 0 bridgehead atoms. The number of carbonyl (C=O) groups excluding carboxylic acids is 2. The van der Waals surface area contributed by atoms with E-state index in [1.54, 1.807) is 72.2 Å². The van der Waals surface area contributed by atoms with Crippen molar-refractivity contribution >= 4 is 23.0 Å². The van der Waals surface area contributed by atoms with Crippen molar-refractivity contribution in [3.05, 3.63) is 108 Å². The second-order valence-electron chi connectivity index (χ2n) is 10.0. The van der Waals surface area contributed by atoms with Gasteiger partial charge in [0.25, 0.3) is 0 Å². The van der Waals surface area contributed by atoms with Crippen LogP contribution in [0.4, 0.5) is 13.2 Å². The van der Waals surface area contributed by atoms with Crippen LogP contribution >= 0.6 is 0 Å². The molecule has 0 radical (unpaired) electrons. The molecule has 6 aromatic heterocycles. The van der Waals surface area contributed by atoms with Gasteiger partial charge >= 0.3 is 18.1 Å². The molecule has 0 saturated carbocycles. The van der Waals surface area contributed by atoms with Crippen LogP contribution < -0.4 is 0 Å². The van der Waals surface area contributed by atoms with Crippen molar-refractivity contribution in [1.29, 1.82) is 5.26 Å². The van der Waals surface area contributed by atoms with E-state index >= 15 is 0 Å². The van der Waals surface area contributed by atoms with Crippen LogP contribution in [0.3, 0.4) is 0 Å². The van der Waals surface area contributed by atoms with Crippen molar-refractivity contribution in [3.63, 3.8) is 0 Å². The van der Waals surface area contributed by atoms with Crippen LogP contribution in [-0.4, -0.2) is 43.9 Å². The number of ether oxygens (including phenoxy) is 2. The van der Waals surface area contributed by atoms with E-state index < -0.39 is 29.2 Å². The third-order valence-corrected chi connectivity index (χ3v) is 7.38. The second kappa shape index (κ2) is 11.9. The summed E-state index contributed by atoms with van der Waals surface area (Å²) in [4.78, 5) is 34.9. The zero-order valence-electron chi connectivity index (χ0n) is 24.5. The molecule has 9 nitrogen and oxygen atoms in total. The van der Waals surface area contributed by atoms with Crippen molar-refractivity contribution in [1.82, 2.24) is 18.8 Å². The Labute approximate surface area is 260 Å². The Balaban J connectivity index is 1.58. The lowest BCUT2D eigenvalue weighted by molar-refractivity contribution is -0.136. The first-order valence-electron chi connectivity index (χ1n) is 14.2. The molecule has 0 atom stereocenters. The largest absolute Gasteiger partial charge is 0.462 e. The Morgan fingerprint density at radius 2 is 1.43 bits per heavy atom. The standard InChI is InChI=1S/C34H24F3N5O4/c1-3-45-32(43)27-22(19-38)26-18-21(12-16-42(26)30(27)23-9-5-7-13-39-23)20-11-14-40-24(17-20)31-28(33(44)46-4-2)29(34(35,36)37)25-10-6-8-15-41(25)31/h5-18H,3-4H2,1-2H3. The Hall–Kier alpha value is -5.96. The summed E-state index contributed by atoms with van der Waals surface area (Å²) < 4.78 is 56.6. The number of nitrogens with zero attached hydrogens (tertiary/aromatic N) is 5. The van der Waals surface area contributed by atoms with E-state index in [2.05, 4.69) is 16.0 Å². The van der Waals surface area contributed by atoms with E-state index in [9.17, 15) is 28.0 Å². The minimum Gasteiger partial charge on any atom is -0.462 e. The maximum atomic E-state index is 14.4. The first kappa shape index (κ1) is 30.1. The summed E-state index contributed by atoms with van der Waals surface area (Å²) >= 11 is 0. The third kappa shape index (κ3) is 5.01.